The topological polar surface area (TPSA) is 21.7 Å². The maximum atomic E-state index is 5.38. The van der Waals surface area contributed by atoms with E-state index in [9.17, 15) is 0 Å². The number of ether oxygens (including phenoxy) is 2. The van der Waals surface area contributed by atoms with E-state index in [1.54, 1.807) is 7.11 Å². The van der Waals surface area contributed by atoms with Crippen molar-refractivity contribution in [2.75, 3.05) is 33.4 Å². The lowest BCUT2D eigenvalue weighted by Gasteiger charge is -2.32. The van der Waals surface area contributed by atoms with Gasteiger partial charge in [0.25, 0.3) is 0 Å². The second-order valence-corrected chi connectivity index (χ2v) is 4.50. The number of hydrogen-bond donors (Lipinski definition) is 0. The first kappa shape index (κ1) is 12.6. The van der Waals surface area contributed by atoms with Crippen LogP contribution in [0, 0.1) is 0 Å². The van der Waals surface area contributed by atoms with Gasteiger partial charge in [0, 0.05) is 26.2 Å². The third kappa shape index (κ3) is 3.28. The fourth-order valence-corrected chi connectivity index (χ4v) is 2.23. The smallest absolute Gasteiger partial charge is 0.0713 e. The van der Waals surface area contributed by atoms with Gasteiger partial charge in [-0.15, -0.1) is 0 Å². The molecule has 3 nitrogen and oxygen atoms in total. The van der Waals surface area contributed by atoms with E-state index in [1.165, 1.54) is 11.1 Å². The standard InChI is InChI=1S/C14H21NO2/c1-12(15-7-9-17-10-8-15)14-5-3-13(4-6-14)11-16-2/h3-6,12H,7-11H2,1-2H3. The Morgan fingerprint density at radius 1 is 1.24 bits per heavy atom. The molecule has 1 heterocycles. The van der Waals surface area contributed by atoms with Gasteiger partial charge in [0.05, 0.1) is 19.8 Å². The monoisotopic (exact) mass is 235 g/mol. The molecule has 1 saturated heterocycles. The summed E-state index contributed by atoms with van der Waals surface area (Å²) in [4.78, 5) is 2.47. The van der Waals surface area contributed by atoms with Gasteiger partial charge in [-0.2, -0.15) is 0 Å². The van der Waals surface area contributed by atoms with E-state index < -0.39 is 0 Å². The summed E-state index contributed by atoms with van der Waals surface area (Å²) in [5.41, 5.74) is 2.59. The van der Waals surface area contributed by atoms with Gasteiger partial charge in [-0.3, -0.25) is 4.90 Å². The summed E-state index contributed by atoms with van der Waals surface area (Å²) in [7, 11) is 1.73. The van der Waals surface area contributed by atoms with Gasteiger partial charge in [-0.25, -0.2) is 0 Å². The van der Waals surface area contributed by atoms with E-state index >= 15 is 0 Å². The van der Waals surface area contributed by atoms with Crippen LogP contribution in [0.25, 0.3) is 0 Å². The van der Waals surface area contributed by atoms with Gasteiger partial charge in [-0.1, -0.05) is 24.3 Å². The van der Waals surface area contributed by atoms with Crippen molar-refractivity contribution < 1.29 is 9.47 Å². The number of rotatable bonds is 4. The van der Waals surface area contributed by atoms with Crippen LogP contribution in [0.2, 0.25) is 0 Å². The van der Waals surface area contributed by atoms with E-state index in [0.29, 0.717) is 12.6 Å². The van der Waals surface area contributed by atoms with Crippen molar-refractivity contribution in [1.82, 2.24) is 4.90 Å². The van der Waals surface area contributed by atoms with Gasteiger partial charge in [-0.05, 0) is 18.1 Å². The minimum absolute atomic E-state index is 0.468. The van der Waals surface area contributed by atoms with Crippen LogP contribution in [0.3, 0.4) is 0 Å². The normalized spacial score (nSPS) is 19.2. The summed E-state index contributed by atoms with van der Waals surface area (Å²) >= 11 is 0. The van der Waals surface area contributed by atoms with Crippen LogP contribution in [0.15, 0.2) is 24.3 Å². The number of nitrogens with zero attached hydrogens (tertiary/aromatic N) is 1. The predicted molar refractivity (Wildman–Crippen MR) is 68.0 cm³/mol. The third-order valence-electron chi connectivity index (χ3n) is 3.37. The first-order chi connectivity index (χ1) is 8.31. The van der Waals surface area contributed by atoms with Gasteiger partial charge in [0.15, 0.2) is 0 Å². The molecule has 1 unspecified atom stereocenters. The summed E-state index contributed by atoms with van der Waals surface area (Å²) in [6, 6.07) is 9.17. The number of benzene rings is 1. The molecule has 1 aliphatic heterocycles. The Hall–Kier alpha value is -0.900. The highest BCUT2D eigenvalue weighted by Gasteiger charge is 2.18. The Kier molecular flexibility index (Phi) is 4.54. The molecule has 0 aliphatic carbocycles. The summed E-state index contributed by atoms with van der Waals surface area (Å²) in [6.07, 6.45) is 0. The zero-order chi connectivity index (χ0) is 12.1. The highest BCUT2D eigenvalue weighted by Crippen LogP contribution is 2.21. The van der Waals surface area contributed by atoms with Crippen LogP contribution in [0.1, 0.15) is 24.1 Å². The Balaban J connectivity index is 2.00. The highest BCUT2D eigenvalue weighted by atomic mass is 16.5. The average molecular weight is 235 g/mol. The molecule has 1 aliphatic rings. The maximum absolute atomic E-state index is 5.38. The lowest BCUT2D eigenvalue weighted by Crippen LogP contribution is -2.37. The van der Waals surface area contributed by atoms with Crippen LogP contribution in [0.5, 0.6) is 0 Å². The van der Waals surface area contributed by atoms with E-state index in [4.69, 9.17) is 9.47 Å². The molecule has 0 aromatic heterocycles. The van der Waals surface area contributed by atoms with Crippen molar-refractivity contribution in [2.45, 2.75) is 19.6 Å². The quantitative estimate of drug-likeness (QED) is 0.799. The van der Waals surface area contributed by atoms with Crippen molar-refractivity contribution in [1.29, 1.82) is 0 Å². The second kappa shape index (κ2) is 6.15. The molecule has 3 heteroatoms. The molecule has 1 atom stereocenters. The Morgan fingerprint density at radius 2 is 1.88 bits per heavy atom. The Labute approximate surface area is 103 Å². The number of hydrogen-bond acceptors (Lipinski definition) is 3. The van der Waals surface area contributed by atoms with Gasteiger partial charge in [0.2, 0.25) is 0 Å². The van der Waals surface area contributed by atoms with Crippen LogP contribution in [0.4, 0.5) is 0 Å². The zero-order valence-electron chi connectivity index (χ0n) is 10.7. The SMILES string of the molecule is COCc1ccc(C(C)N2CCOCC2)cc1. The summed E-state index contributed by atoms with van der Waals surface area (Å²) in [5, 5.41) is 0. The Morgan fingerprint density at radius 3 is 2.47 bits per heavy atom. The first-order valence-electron chi connectivity index (χ1n) is 6.21. The summed E-state index contributed by atoms with van der Waals surface area (Å²) in [6.45, 7) is 6.71. The van der Waals surface area contributed by atoms with Gasteiger partial charge in [0.1, 0.15) is 0 Å². The molecule has 1 fully saturated rings. The van der Waals surface area contributed by atoms with Crippen molar-refractivity contribution in [3.63, 3.8) is 0 Å². The molecular formula is C14H21NO2. The van der Waals surface area contributed by atoms with Crippen LogP contribution in [-0.2, 0) is 16.1 Å². The van der Waals surface area contributed by atoms with Crippen LogP contribution in [-0.4, -0.2) is 38.3 Å². The minimum atomic E-state index is 0.468. The van der Waals surface area contributed by atoms with Crippen molar-refractivity contribution in [3.05, 3.63) is 35.4 Å². The maximum Gasteiger partial charge on any atom is 0.0713 e. The first-order valence-corrected chi connectivity index (χ1v) is 6.21. The lowest BCUT2D eigenvalue weighted by molar-refractivity contribution is 0.0198. The van der Waals surface area contributed by atoms with Crippen molar-refractivity contribution >= 4 is 0 Å². The Bertz CT molecular complexity index is 331. The minimum Gasteiger partial charge on any atom is -0.380 e. The molecule has 17 heavy (non-hydrogen) atoms. The summed E-state index contributed by atoms with van der Waals surface area (Å²) in [5.74, 6) is 0. The lowest BCUT2D eigenvalue weighted by atomic mass is 10.0. The molecule has 94 valence electrons. The van der Waals surface area contributed by atoms with E-state index in [-0.39, 0.29) is 0 Å². The molecule has 0 bridgehead atoms. The highest BCUT2D eigenvalue weighted by molar-refractivity contribution is 5.24. The zero-order valence-corrected chi connectivity index (χ0v) is 10.7. The molecule has 0 spiro atoms. The van der Waals surface area contributed by atoms with Gasteiger partial charge >= 0.3 is 0 Å². The molecule has 0 N–H and O–H groups in total. The number of methoxy groups -OCH3 is 1. The van der Waals surface area contributed by atoms with Gasteiger partial charge < -0.3 is 9.47 Å². The van der Waals surface area contributed by atoms with Crippen LogP contribution < -0.4 is 0 Å². The van der Waals surface area contributed by atoms with E-state index in [1.807, 2.05) is 0 Å². The molecular weight excluding hydrogens is 214 g/mol. The predicted octanol–water partition coefficient (Wildman–Crippen LogP) is 2.23. The molecule has 0 amide bonds. The summed E-state index contributed by atoms with van der Waals surface area (Å²) < 4.78 is 10.5. The number of morpholine rings is 1. The van der Waals surface area contributed by atoms with E-state index in [2.05, 4.69) is 36.1 Å². The fourth-order valence-electron chi connectivity index (χ4n) is 2.23. The molecule has 1 aromatic carbocycles. The van der Waals surface area contributed by atoms with Crippen LogP contribution >= 0.6 is 0 Å². The van der Waals surface area contributed by atoms with Crippen molar-refractivity contribution in [2.24, 2.45) is 0 Å². The molecule has 1 aromatic rings. The largest absolute Gasteiger partial charge is 0.380 e. The fraction of sp³-hybridized carbons (Fsp3) is 0.571. The van der Waals surface area contributed by atoms with E-state index in [0.717, 1.165) is 26.3 Å². The molecule has 2 rings (SSSR count). The second-order valence-electron chi connectivity index (χ2n) is 4.50. The average Bonchev–Trinajstić information content (AvgIpc) is 2.40. The third-order valence-corrected chi connectivity index (χ3v) is 3.37. The molecule has 0 saturated carbocycles. The van der Waals surface area contributed by atoms with Crippen molar-refractivity contribution in [3.8, 4) is 0 Å². The molecule has 0 radical (unpaired) electrons.